The standard InChI is InChI=1S/C26H31F4N5O/c1-17-12-34(23-22(27)8-20(11-31-23)26(28,29)30)13-18(2)35(17)24(36)32-21-9-25(10-21)15-33(16-25)14-19-6-4-3-5-7-19/h3-8,11,17-18,21H,9-10,12-16H2,1-2H3,(H,32,36)/t17-,18+. The van der Waals surface area contributed by atoms with Crippen LogP contribution in [0.2, 0.25) is 0 Å². The van der Waals surface area contributed by atoms with Crippen LogP contribution in [0, 0.1) is 11.2 Å². The average Bonchev–Trinajstić information content (AvgIpc) is 2.75. The van der Waals surface area contributed by atoms with E-state index in [4.69, 9.17) is 0 Å². The predicted octanol–water partition coefficient (Wildman–Crippen LogP) is 4.51. The van der Waals surface area contributed by atoms with Gasteiger partial charge in [-0.3, -0.25) is 4.90 Å². The van der Waals surface area contributed by atoms with Gasteiger partial charge in [-0.15, -0.1) is 0 Å². The Hall–Kier alpha value is -2.88. The van der Waals surface area contributed by atoms with E-state index in [1.807, 2.05) is 19.9 Å². The van der Waals surface area contributed by atoms with Gasteiger partial charge in [-0.05, 0) is 43.7 Å². The predicted molar refractivity (Wildman–Crippen MR) is 128 cm³/mol. The van der Waals surface area contributed by atoms with E-state index >= 15 is 0 Å². The molecule has 1 aliphatic carbocycles. The van der Waals surface area contributed by atoms with Gasteiger partial charge in [0.15, 0.2) is 11.6 Å². The van der Waals surface area contributed by atoms with Gasteiger partial charge in [0.1, 0.15) is 0 Å². The van der Waals surface area contributed by atoms with Gasteiger partial charge < -0.3 is 15.1 Å². The fourth-order valence-electron chi connectivity index (χ4n) is 6.17. The van der Waals surface area contributed by atoms with Crippen LogP contribution in [0.4, 0.5) is 28.2 Å². The summed E-state index contributed by atoms with van der Waals surface area (Å²) in [6, 6.07) is 10.4. The highest BCUT2D eigenvalue weighted by atomic mass is 19.4. The monoisotopic (exact) mass is 505 g/mol. The summed E-state index contributed by atoms with van der Waals surface area (Å²) >= 11 is 0. The zero-order valence-electron chi connectivity index (χ0n) is 20.4. The van der Waals surface area contributed by atoms with Crippen LogP contribution in [0.25, 0.3) is 0 Å². The second kappa shape index (κ2) is 9.21. The van der Waals surface area contributed by atoms with Gasteiger partial charge in [0.2, 0.25) is 0 Å². The number of likely N-dealkylation sites (tertiary alicyclic amines) is 1. The highest BCUT2D eigenvalue weighted by molar-refractivity contribution is 5.76. The summed E-state index contributed by atoms with van der Waals surface area (Å²) < 4.78 is 53.0. The zero-order chi connectivity index (χ0) is 25.7. The van der Waals surface area contributed by atoms with E-state index in [1.54, 1.807) is 9.80 Å². The number of nitrogens with one attached hydrogen (secondary N) is 1. The van der Waals surface area contributed by atoms with Crippen LogP contribution in [-0.4, -0.2) is 65.1 Å². The minimum Gasteiger partial charge on any atom is -0.350 e. The van der Waals surface area contributed by atoms with Crippen LogP contribution in [-0.2, 0) is 12.7 Å². The number of rotatable bonds is 4. The molecule has 1 N–H and O–H groups in total. The van der Waals surface area contributed by atoms with Crippen LogP contribution < -0.4 is 10.2 Å². The number of piperazine rings is 1. The molecule has 5 rings (SSSR count). The van der Waals surface area contributed by atoms with Crippen molar-refractivity contribution in [2.24, 2.45) is 5.41 Å². The van der Waals surface area contributed by atoms with Crippen molar-refractivity contribution >= 4 is 11.8 Å². The van der Waals surface area contributed by atoms with Crippen molar-refractivity contribution in [3.63, 3.8) is 0 Å². The Morgan fingerprint density at radius 2 is 1.75 bits per heavy atom. The summed E-state index contributed by atoms with van der Waals surface area (Å²) in [4.78, 5) is 22.6. The van der Waals surface area contributed by atoms with E-state index in [9.17, 15) is 22.4 Å². The van der Waals surface area contributed by atoms with E-state index in [0.717, 1.165) is 32.5 Å². The number of urea groups is 1. The molecule has 2 amide bonds. The molecular weight excluding hydrogens is 474 g/mol. The normalized spacial score (nSPS) is 24.4. The second-order valence-corrected chi connectivity index (χ2v) is 10.7. The zero-order valence-corrected chi connectivity index (χ0v) is 20.4. The molecule has 36 heavy (non-hydrogen) atoms. The molecule has 6 nitrogen and oxygen atoms in total. The van der Waals surface area contributed by atoms with Crippen molar-refractivity contribution < 1.29 is 22.4 Å². The van der Waals surface area contributed by atoms with Crippen LogP contribution in [0.15, 0.2) is 42.6 Å². The van der Waals surface area contributed by atoms with Crippen LogP contribution in [0.3, 0.4) is 0 Å². The molecule has 194 valence electrons. The Bertz CT molecular complexity index is 1090. The molecular formula is C26H31F4N5O. The SMILES string of the molecule is C[C@@H]1CN(c2ncc(C(F)(F)F)cc2F)C[C@H](C)N1C(=O)NC1CC2(C1)CN(Cc1ccccc1)C2. The number of amides is 2. The summed E-state index contributed by atoms with van der Waals surface area (Å²) in [5.41, 5.74) is 0.495. The number of halogens is 4. The number of alkyl halides is 3. The molecule has 3 fully saturated rings. The molecule has 2 aromatic rings. The molecule has 1 saturated carbocycles. The summed E-state index contributed by atoms with van der Waals surface area (Å²) in [5, 5.41) is 3.16. The molecule has 2 saturated heterocycles. The van der Waals surface area contributed by atoms with E-state index in [1.165, 1.54) is 5.56 Å². The molecule has 0 unspecified atom stereocenters. The Morgan fingerprint density at radius 3 is 2.33 bits per heavy atom. The molecule has 3 heterocycles. The van der Waals surface area contributed by atoms with Gasteiger partial charge in [0.05, 0.1) is 5.56 Å². The minimum absolute atomic E-state index is 0.118. The van der Waals surface area contributed by atoms with Crippen molar-refractivity contribution in [1.82, 2.24) is 20.1 Å². The Morgan fingerprint density at radius 1 is 1.11 bits per heavy atom. The Kier molecular flexibility index (Phi) is 6.34. The van der Waals surface area contributed by atoms with E-state index in [2.05, 4.69) is 39.5 Å². The maximum absolute atomic E-state index is 14.5. The number of aromatic nitrogens is 1. The molecule has 3 aliphatic rings. The van der Waals surface area contributed by atoms with Crippen LogP contribution >= 0.6 is 0 Å². The Balaban J connectivity index is 1.11. The smallest absolute Gasteiger partial charge is 0.350 e. The van der Waals surface area contributed by atoms with Crippen molar-refractivity contribution in [1.29, 1.82) is 0 Å². The number of anilines is 1. The first-order chi connectivity index (χ1) is 17.0. The third kappa shape index (κ3) is 4.87. The summed E-state index contributed by atoms with van der Waals surface area (Å²) in [6.07, 6.45) is -2.06. The first-order valence-corrected chi connectivity index (χ1v) is 12.4. The van der Waals surface area contributed by atoms with Crippen molar-refractivity contribution in [3.05, 3.63) is 59.5 Å². The summed E-state index contributed by atoms with van der Waals surface area (Å²) in [5.74, 6) is -1.13. The van der Waals surface area contributed by atoms with Crippen molar-refractivity contribution in [3.8, 4) is 0 Å². The van der Waals surface area contributed by atoms with Gasteiger partial charge in [-0.25, -0.2) is 14.2 Å². The van der Waals surface area contributed by atoms with Gasteiger partial charge >= 0.3 is 12.2 Å². The molecule has 0 bridgehead atoms. The lowest BCUT2D eigenvalue weighted by molar-refractivity contribution is -0.138. The highest BCUT2D eigenvalue weighted by Gasteiger charge is 2.52. The quantitative estimate of drug-likeness (QED) is 0.622. The van der Waals surface area contributed by atoms with Gasteiger partial charge in [0, 0.05) is 57.0 Å². The van der Waals surface area contributed by atoms with Crippen molar-refractivity contribution in [2.45, 2.75) is 57.5 Å². The fraction of sp³-hybridized carbons (Fsp3) is 0.538. The van der Waals surface area contributed by atoms with Gasteiger partial charge in [0.25, 0.3) is 0 Å². The first kappa shape index (κ1) is 24.8. The van der Waals surface area contributed by atoms with Crippen LogP contribution in [0.5, 0.6) is 0 Å². The van der Waals surface area contributed by atoms with E-state index < -0.39 is 17.6 Å². The molecule has 1 spiro atoms. The fourth-order valence-corrected chi connectivity index (χ4v) is 6.17. The highest BCUT2D eigenvalue weighted by Crippen LogP contribution is 2.48. The number of pyridine rings is 1. The van der Waals surface area contributed by atoms with Gasteiger partial charge in [-0.1, -0.05) is 30.3 Å². The number of benzene rings is 1. The first-order valence-electron chi connectivity index (χ1n) is 12.4. The maximum Gasteiger partial charge on any atom is 0.417 e. The molecule has 0 radical (unpaired) electrons. The lowest BCUT2D eigenvalue weighted by atomic mass is 9.60. The topological polar surface area (TPSA) is 51.7 Å². The van der Waals surface area contributed by atoms with Gasteiger partial charge in [-0.2, -0.15) is 13.2 Å². The molecule has 2 atom stereocenters. The third-order valence-corrected chi connectivity index (χ3v) is 7.66. The number of hydrogen-bond acceptors (Lipinski definition) is 4. The largest absolute Gasteiger partial charge is 0.417 e. The maximum atomic E-state index is 14.5. The van der Waals surface area contributed by atoms with Crippen molar-refractivity contribution in [2.75, 3.05) is 31.1 Å². The number of nitrogens with zero attached hydrogens (tertiary/aromatic N) is 4. The lowest BCUT2D eigenvalue weighted by Gasteiger charge is -2.59. The minimum atomic E-state index is -4.65. The Labute approximate surface area is 208 Å². The third-order valence-electron chi connectivity index (χ3n) is 7.66. The van der Waals surface area contributed by atoms with Crippen LogP contribution in [0.1, 0.15) is 37.8 Å². The molecule has 1 aromatic heterocycles. The average molecular weight is 506 g/mol. The van der Waals surface area contributed by atoms with E-state index in [0.29, 0.717) is 17.7 Å². The van der Waals surface area contributed by atoms with E-state index in [-0.39, 0.29) is 43.1 Å². The molecule has 1 aromatic carbocycles. The summed E-state index contributed by atoms with van der Waals surface area (Å²) in [7, 11) is 0. The number of carbonyl (C=O) groups excluding carboxylic acids is 1. The molecule has 10 heteroatoms. The second-order valence-electron chi connectivity index (χ2n) is 10.7. The summed E-state index contributed by atoms with van der Waals surface area (Å²) in [6.45, 7) is 7.34. The number of hydrogen-bond donors (Lipinski definition) is 1. The lowest BCUT2D eigenvalue weighted by Crippen LogP contribution is -2.68. The number of carbonyl (C=O) groups is 1. The molecule has 2 aliphatic heterocycles.